The SMILES string of the molecule is CN(COc1ccc(P(=NCOc2ccc(C=NN(C)[P+](=S)Oc3ccc(CCN(CP(=O)(O)O)CP(=O)(O)O)cc3)cc2)(c2ccccc2)c2ccccc2)cc1)N=Cc1ccc(ON=[N+]=[N-])cc1. The number of rotatable bonds is 25. The molecule has 1 atom stereocenters. The van der Waals surface area contributed by atoms with E-state index in [4.69, 9.17) is 40.9 Å². The van der Waals surface area contributed by atoms with Crippen molar-refractivity contribution in [3.63, 3.8) is 0 Å². The molecule has 364 valence electrons. The monoisotopic (exact) mass is 1040 g/mol. The number of hydrogen-bond acceptors (Lipinski definition) is 13. The highest BCUT2D eigenvalue weighted by atomic mass is 32.4. The number of benzene rings is 6. The summed E-state index contributed by atoms with van der Waals surface area (Å²) in [6.45, 7) is 0.292. The van der Waals surface area contributed by atoms with Gasteiger partial charge in [0.25, 0.3) is 0 Å². The Balaban J connectivity index is 1.07. The Hall–Kier alpha value is -6.22. The van der Waals surface area contributed by atoms with E-state index < -0.39 is 41.9 Å². The van der Waals surface area contributed by atoms with Crippen LogP contribution in [0.25, 0.3) is 10.4 Å². The molecule has 0 aliphatic heterocycles. The molecular formula is C46H50N9O10P4S+. The van der Waals surface area contributed by atoms with Crippen LogP contribution in [0.5, 0.6) is 23.0 Å². The third kappa shape index (κ3) is 16.7. The highest BCUT2D eigenvalue weighted by Crippen LogP contribution is 2.47. The molecule has 19 nitrogen and oxygen atoms in total. The van der Waals surface area contributed by atoms with Crippen LogP contribution < -0.4 is 34.7 Å². The van der Waals surface area contributed by atoms with Crippen molar-refractivity contribution in [3.8, 4) is 23.0 Å². The maximum atomic E-state index is 11.5. The summed E-state index contributed by atoms with van der Waals surface area (Å²) in [6.07, 6.45) is 2.11. The summed E-state index contributed by atoms with van der Waals surface area (Å²) in [6, 6.07) is 49.7. The quantitative estimate of drug-likeness (QED) is 0.00801. The van der Waals surface area contributed by atoms with Gasteiger partial charge in [0.2, 0.25) is 11.8 Å². The van der Waals surface area contributed by atoms with Crippen LogP contribution in [-0.2, 0) is 27.4 Å². The molecule has 0 aromatic heterocycles. The Morgan fingerprint density at radius 1 is 0.643 bits per heavy atom. The highest BCUT2D eigenvalue weighted by Gasteiger charge is 2.28. The van der Waals surface area contributed by atoms with Gasteiger partial charge in [-0.15, -0.1) is 5.10 Å². The molecule has 0 spiro atoms. The third-order valence-electron chi connectivity index (χ3n) is 9.94. The molecule has 6 aromatic rings. The topological polar surface area (TPSA) is 248 Å². The van der Waals surface area contributed by atoms with Gasteiger partial charge in [0.15, 0.2) is 19.2 Å². The number of nitrogens with zero attached hydrogens (tertiary/aromatic N) is 9. The number of azide groups is 1. The maximum Gasteiger partial charge on any atom is 0.540 e. The van der Waals surface area contributed by atoms with Crippen molar-refractivity contribution >= 4 is 69.5 Å². The summed E-state index contributed by atoms with van der Waals surface area (Å²) in [7, 11) is -9.74. The molecule has 6 aromatic carbocycles. The van der Waals surface area contributed by atoms with Gasteiger partial charge in [0.1, 0.15) is 35.1 Å². The Labute approximate surface area is 411 Å². The second kappa shape index (κ2) is 25.6. The Morgan fingerprint density at radius 3 is 1.67 bits per heavy atom. The van der Waals surface area contributed by atoms with Crippen LogP contribution in [0.15, 0.2) is 178 Å². The predicted molar refractivity (Wildman–Crippen MR) is 278 cm³/mol. The number of ether oxygens (including phenoxy) is 2. The second-order valence-electron chi connectivity index (χ2n) is 15.3. The van der Waals surface area contributed by atoms with Gasteiger partial charge in [-0.3, -0.25) is 28.3 Å². The van der Waals surface area contributed by atoms with E-state index in [0.29, 0.717) is 23.0 Å². The van der Waals surface area contributed by atoms with Gasteiger partial charge in [-0.25, -0.2) is 0 Å². The largest absolute Gasteiger partial charge is 0.540 e. The fraction of sp³-hybridized carbons (Fsp3) is 0.174. The van der Waals surface area contributed by atoms with Crippen LogP contribution in [0.4, 0.5) is 0 Å². The summed E-state index contributed by atoms with van der Waals surface area (Å²) in [4.78, 5) is 45.8. The van der Waals surface area contributed by atoms with Crippen molar-refractivity contribution in [1.29, 1.82) is 0 Å². The van der Waals surface area contributed by atoms with Gasteiger partial charge in [0, 0.05) is 34.4 Å². The molecule has 0 radical (unpaired) electrons. The Kier molecular flexibility index (Phi) is 19.4. The fourth-order valence-corrected chi connectivity index (χ4v) is 12.7. The minimum atomic E-state index is -4.52. The van der Waals surface area contributed by atoms with E-state index >= 15 is 0 Å². The summed E-state index contributed by atoms with van der Waals surface area (Å²) in [5.41, 5.74) is 10.8. The van der Waals surface area contributed by atoms with Crippen molar-refractivity contribution < 1.29 is 47.5 Å². The first-order valence-corrected chi connectivity index (χ1v) is 28.7. The molecule has 24 heteroatoms. The van der Waals surface area contributed by atoms with E-state index in [2.05, 4.69) is 56.8 Å². The van der Waals surface area contributed by atoms with Crippen LogP contribution in [0.1, 0.15) is 16.7 Å². The molecule has 0 aliphatic carbocycles. The van der Waals surface area contributed by atoms with Gasteiger partial charge in [0.05, 0.1) is 26.5 Å². The van der Waals surface area contributed by atoms with Crippen molar-refractivity contribution in [2.75, 3.05) is 46.7 Å². The van der Waals surface area contributed by atoms with Gasteiger partial charge < -0.3 is 33.9 Å². The zero-order valence-corrected chi connectivity index (χ0v) is 42.3. The molecule has 70 heavy (non-hydrogen) atoms. The molecule has 0 aliphatic rings. The summed E-state index contributed by atoms with van der Waals surface area (Å²) >= 11 is 5.59. The van der Waals surface area contributed by atoms with Gasteiger partial charge in [-0.1, -0.05) is 77.6 Å². The highest BCUT2D eigenvalue weighted by molar-refractivity contribution is 8.02. The maximum absolute atomic E-state index is 11.5. The molecular weight excluding hydrogens is 995 g/mol. The van der Waals surface area contributed by atoms with Crippen molar-refractivity contribution in [2.45, 2.75) is 6.42 Å². The first kappa shape index (κ1) is 53.1. The summed E-state index contributed by atoms with van der Waals surface area (Å²) in [5.74, 6) is 2.18. The zero-order chi connectivity index (χ0) is 50.0. The van der Waals surface area contributed by atoms with E-state index in [1.54, 1.807) is 84.8 Å². The van der Waals surface area contributed by atoms with E-state index in [0.717, 1.165) is 37.5 Å². The van der Waals surface area contributed by atoms with Crippen LogP contribution in [0.2, 0.25) is 0 Å². The average Bonchev–Trinajstić information content (AvgIpc) is 3.35. The lowest BCUT2D eigenvalue weighted by Crippen LogP contribution is -2.28. The standard InChI is InChI=1S/C46H49N9O10P4S/c1-53(48-31-38-17-21-42(22-18-38)64-52-51-47)34-63-41-25-27-46(28-26-41)69(44-9-5-3-6-10-44,45-11-7-4-8-12-45)50-33-62-40-19-15-39(16-20-40)32-49-54(2)66(70)65-43-23-13-37(14-24-43)29-30-55(35-67(56,57)58)36-68(59,60)61/h3-28,31-32H,29-30,33-36H2,1-2H3,(H3-,56,57,58,59,60,61)/p+1. The number of hydrogen-bond donors (Lipinski definition) is 4. The van der Waals surface area contributed by atoms with Crippen LogP contribution in [-0.4, -0.2) is 93.4 Å². The first-order chi connectivity index (χ1) is 33.6. The van der Waals surface area contributed by atoms with Crippen molar-refractivity contribution in [3.05, 3.63) is 185 Å². The molecule has 0 fully saturated rings. The van der Waals surface area contributed by atoms with Crippen LogP contribution in [0, 0.1) is 0 Å². The van der Waals surface area contributed by atoms with E-state index in [9.17, 15) is 28.7 Å². The molecule has 1 unspecified atom stereocenters. The summed E-state index contributed by atoms with van der Waals surface area (Å²) < 4.78 is 48.2. The molecule has 0 saturated carbocycles. The molecule has 0 heterocycles. The van der Waals surface area contributed by atoms with E-state index in [1.165, 1.54) is 0 Å². The fourth-order valence-electron chi connectivity index (χ4n) is 6.68. The Bertz CT molecular complexity index is 2840. The molecule has 0 bridgehead atoms. The minimum Gasteiger partial charge on any atom is -0.472 e. The molecule has 0 saturated heterocycles. The molecule has 4 N–H and O–H groups in total. The lowest BCUT2D eigenvalue weighted by molar-refractivity contribution is 0.158. The van der Waals surface area contributed by atoms with Gasteiger partial charge >= 0.3 is 22.3 Å². The lowest BCUT2D eigenvalue weighted by atomic mass is 10.1. The average molecular weight is 1040 g/mol. The second-order valence-corrected chi connectivity index (χ2v) is 23.8. The zero-order valence-electron chi connectivity index (χ0n) is 37.9. The number of hydrazone groups is 2. The summed E-state index contributed by atoms with van der Waals surface area (Å²) in [5, 5.41) is 16.8. The van der Waals surface area contributed by atoms with Gasteiger partial charge in [-0.05, 0) is 114 Å². The van der Waals surface area contributed by atoms with E-state index in [-0.39, 0.29) is 26.4 Å². The van der Waals surface area contributed by atoms with Crippen molar-refractivity contribution in [2.24, 2.45) is 20.2 Å². The van der Waals surface area contributed by atoms with Crippen molar-refractivity contribution in [1.82, 2.24) is 14.7 Å². The lowest BCUT2D eigenvalue weighted by Gasteiger charge is -2.27. The normalized spacial score (nSPS) is 12.1. The van der Waals surface area contributed by atoms with Crippen LogP contribution in [0.3, 0.4) is 0 Å². The predicted octanol–water partition coefficient (Wildman–Crippen LogP) is 8.34. The molecule has 6 rings (SSSR count). The Morgan fingerprint density at radius 2 is 1.13 bits per heavy atom. The minimum absolute atomic E-state index is 0.0271. The molecule has 0 amide bonds. The first-order valence-electron chi connectivity index (χ1n) is 21.1. The van der Waals surface area contributed by atoms with Gasteiger partial charge in [-0.2, -0.15) is 5.10 Å². The smallest absolute Gasteiger partial charge is 0.472 e. The third-order valence-corrected chi connectivity index (χ3v) is 17.0. The van der Waals surface area contributed by atoms with E-state index in [1.807, 2.05) is 72.8 Å². The van der Waals surface area contributed by atoms with Crippen LogP contribution >= 0.6 is 29.3 Å².